The molecule has 1 saturated carbocycles. The predicted octanol–water partition coefficient (Wildman–Crippen LogP) is 1.75. The standard InChI is InChI=1S/C14H26N2O4/c1-3-14(7-5-8-14)10-15-13(19)16-11(12(17)18)6-4-9-20-2/h11H,3-10H2,1-2H3,(H,17,18)(H2,15,16,19). The highest BCUT2D eigenvalue weighted by molar-refractivity contribution is 5.82. The first-order chi connectivity index (χ1) is 9.53. The molecular weight excluding hydrogens is 260 g/mol. The number of urea groups is 1. The summed E-state index contributed by atoms with van der Waals surface area (Å²) in [5, 5.41) is 14.4. The van der Waals surface area contributed by atoms with Crippen LogP contribution in [0.2, 0.25) is 0 Å². The van der Waals surface area contributed by atoms with Crippen molar-refractivity contribution in [1.29, 1.82) is 0 Å². The monoisotopic (exact) mass is 286 g/mol. The molecule has 20 heavy (non-hydrogen) atoms. The van der Waals surface area contributed by atoms with Gasteiger partial charge in [0.2, 0.25) is 0 Å². The van der Waals surface area contributed by atoms with E-state index in [-0.39, 0.29) is 5.41 Å². The number of aliphatic carboxylic acids is 1. The highest BCUT2D eigenvalue weighted by atomic mass is 16.5. The van der Waals surface area contributed by atoms with Crippen molar-refractivity contribution in [2.24, 2.45) is 5.41 Å². The number of ether oxygens (including phenoxy) is 1. The quantitative estimate of drug-likeness (QED) is 0.563. The molecule has 1 aliphatic carbocycles. The summed E-state index contributed by atoms with van der Waals surface area (Å²) in [6, 6.07) is -1.25. The Labute approximate surface area is 120 Å². The van der Waals surface area contributed by atoms with Crippen LogP contribution in [0.1, 0.15) is 45.4 Å². The summed E-state index contributed by atoms with van der Waals surface area (Å²) in [5.41, 5.74) is 0.228. The van der Waals surface area contributed by atoms with Gasteiger partial charge in [-0.1, -0.05) is 13.3 Å². The van der Waals surface area contributed by atoms with Crippen LogP contribution in [0.3, 0.4) is 0 Å². The zero-order chi connectivity index (χ0) is 15.0. The molecule has 116 valence electrons. The Morgan fingerprint density at radius 1 is 1.40 bits per heavy atom. The SMILES string of the molecule is CCC1(CNC(=O)NC(CCCOC)C(=O)O)CCC1. The van der Waals surface area contributed by atoms with Crippen molar-refractivity contribution >= 4 is 12.0 Å². The first kappa shape index (κ1) is 16.8. The fourth-order valence-electron chi connectivity index (χ4n) is 2.50. The van der Waals surface area contributed by atoms with Crippen LogP contribution < -0.4 is 10.6 Å². The van der Waals surface area contributed by atoms with Crippen LogP contribution in [0.5, 0.6) is 0 Å². The van der Waals surface area contributed by atoms with Gasteiger partial charge < -0.3 is 20.5 Å². The lowest BCUT2D eigenvalue weighted by Gasteiger charge is -2.41. The molecule has 3 N–H and O–H groups in total. The molecule has 1 unspecified atom stereocenters. The van der Waals surface area contributed by atoms with E-state index < -0.39 is 18.0 Å². The molecule has 1 atom stereocenters. The van der Waals surface area contributed by atoms with E-state index in [0.29, 0.717) is 26.0 Å². The zero-order valence-corrected chi connectivity index (χ0v) is 12.4. The number of amides is 2. The first-order valence-corrected chi connectivity index (χ1v) is 7.29. The molecule has 6 nitrogen and oxygen atoms in total. The molecule has 0 aliphatic heterocycles. The second kappa shape index (κ2) is 8.09. The molecule has 1 aliphatic rings. The highest BCUT2D eigenvalue weighted by Gasteiger charge is 2.35. The van der Waals surface area contributed by atoms with Crippen molar-refractivity contribution < 1.29 is 19.4 Å². The number of methoxy groups -OCH3 is 1. The second-order valence-electron chi connectivity index (χ2n) is 5.56. The Kier molecular flexibility index (Phi) is 6.78. The molecule has 6 heteroatoms. The van der Waals surface area contributed by atoms with Gasteiger partial charge in [-0.2, -0.15) is 0 Å². The van der Waals surface area contributed by atoms with Gasteiger partial charge in [-0.05, 0) is 37.5 Å². The summed E-state index contributed by atoms with van der Waals surface area (Å²) < 4.78 is 4.88. The van der Waals surface area contributed by atoms with E-state index in [1.807, 2.05) is 0 Å². The molecule has 2 amide bonds. The topological polar surface area (TPSA) is 87.7 Å². The maximum Gasteiger partial charge on any atom is 0.326 e. The van der Waals surface area contributed by atoms with E-state index in [1.165, 1.54) is 6.42 Å². The molecule has 0 spiro atoms. The van der Waals surface area contributed by atoms with Crippen LogP contribution in [0.25, 0.3) is 0 Å². The fraction of sp³-hybridized carbons (Fsp3) is 0.857. The molecule has 0 radical (unpaired) electrons. The fourth-order valence-corrected chi connectivity index (χ4v) is 2.50. The third-order valence-electron chi connectivity index (χ3n) is 4.23. The van der Waals surface area contributed by atoms with Crippen LogP contribution in [0.15, 0.2) is 0 Å². The van der Waals surface area contributed by atoms with Crippen LogP contribution in [0.4, 0.5) is 4.79 Å². The maximum atomic E-state index is 11.8. The van der Waals surface area contributed by atoms with Crippen molar-refractivity contribution in [3.63, 3.8) is 0 Å². The maximum absolute atomic E-state index is 11.8. The average Bonchev–Trinajstić information content (AvgIpc) is 2.37. The summed E-state index contributed by atoms with van der Waals surface area (Å²) >= 11 is 0. The predicted molar refractivity (Wildman–Crippen MR) is 75.6 cm³/mol. The summed E-state index contributed by atoms with van der Waals surface area (Å²) in [6.07, 6.45) is 5.51. The molecule has 0 aromatic heterocycles. The van der Waals surface area contributed by atoms with E-state index in [1.54, 1.807) is 7.11 Å². The van der Waals surface area contributed by atoms with Crippen molar-refractivity contribution in [2.75, 3.05) is 20.3 Å². The van der Waals surface area contributed by atoms with E-state index in [0.717, 1.165) is 19.3 Å². The molecule has 0 aromatic carbocycles. The largest absolute Gasteiger partial charge is 0.480 e. The number of hydrogen-bond donors (Lipinski definition) is 3. The Balaban J connectivity index is 2.32. The van der Waals surface area contributed by atoms with E-state index in [9.17, 15) is 9.59 Å². The van der Waals surface area contributed by atoms with Gasteiger partial charge in [0, 0.05) is 20.3 Å². The van der Waals surface area contributed by atoms with Crippen molar-refractivity contribution in [3.05, 3.63) is 0 Å². The van der Waals surface area contributed by atoms with Crippen LogP contribution >= 0.6 is 0 Å². The smallest absolute Gasteiger partial charge is 0.326 e. The van der Waals surface area contributed by atoms with Gasteiger partial charge in [0.25, 0.3) is 0 Å². The Hall–Kier alpha value is -1.30. The van der Waals surface area contributed by atoms with Crippen LogP contribution in [-0.4, -0.2) is 43.4 Å². The first-order valence-electron chi connectivity index (χ1n) is 7.29. The molecule has 0 aromatic rings. The van der Waals surface area contributed by atoms with Crippen molar-refractivity contribution in [3.8, 4) is 0 Å². The van der Waals surface area contributed by atoms with Gasteiger partial charge >= 0.3 is 12.0 Å². The minimum atomic E-state index is -1.01. The normalized spacial score (nSPS) is 17.9. The van der Waals surface area contributed by atoms with Gasteiger partial charge in [-0.15, -0.1) is 0 Å². The number of hydrogen-bond acceptors (Lipinski definition) is 3. The molecule has 0 saturated heterocycles. The van der Waals surface area contributed by atoms with Gasteiger partial charge in [-0.25, -0.2) is 9.59 Å². The minimum Gasteiger partial charge on any atom is -0.480 e. The number of nitrogens with one attached hydrogen (secondary N) is 2. The number of carbonyl (C=O) groups excluding carboxylic acids is 1. The summed E-state index contributed by atoms with van der Waals surface area (Å²) in [5.74, 6) is -1.01. The Bertz CT molecular complexity index is 324. The molecule has 1 fully saturated rings. The van der Waals surface area contributed by atoms with E-state index in [4.69, 9.17) is 9.84 Å². The highest BCUT2D eigenvalue weighted by Crippen LogP contribution is 2.42. The zero-order valence-electron chi connectivity index (χ0n) is 12.4. The van der Waals surface area contributed by atoms with E-state index >= 15 is 0 Å². The lowest BCUT2D eigenvalue weighted by Crippen LogP contribution is -2.50. The second-order valence-corrected chi connectivity index (χ2v) is 5.56. The van der Waals surface area contributed by atoms with Crippen molar-refractivity contribution in [1.82, 2.24) is 10.6 Å². The molecule has 0 bridgehead atoms. The van der Waals surface area contributed by atoms with Gasteiger partial charge in [-0.3, -0.25) is 0 Å². The number of carbonyl (C=O) groups is 2. The summed E-state index contributed by atoms with van der Waals surface area (Å²) in [7, 11) is 1.57. The van der Waals surface area contributed by atoms with Crippen LogP contribution in [-0.2, 0) is 9.53 Å². The lowest BCUT2D eigenvalue weighted by molar-refractivity contribution is -0.139. The number of carboxylic acids is 1. The van der Waals surface area contributed by atoms with E-state index in [2.05, 4.69) is 17.6 Å². The molecule has 0 heterocycles. The van der Waals surface area contributed by atoms with Gasteiger partial charge in [0.05, 0.1) is 0 Å². The van der Waals surface area contributed by atoms with Gasteiger partial charge in [0.1, 0.15) is 6.04 Å². The summed E-state index contributed by atoms with van der Waals surface area (Å²) in [6.45, 7) is 3.25. The Morgan fingerprint density at radius 3 is 2.55 bits per heavy atom. The van der Waals surface area contributed by atoms with Crippen LogP contribution in [0, 0.1) is 5.41 Å². The third kappa shape index (κ3) is 5.00. The molecular formula is C14H26N2O4. The lowest BCUT2D eigenvalue weighted by atomic mass is 9.67. The average molecular weight is 286 g/mol. The third-order valence-corrected chi connectivity index (χ3v) is 4.23. The Morgan fingerprint density at radius 2 is 2.10 bits per heavy atom. The minimum absolute atomic E-state index is 0.228. The molecule has 1 rings (SSSR count). The summed E-state index contributed by atoms with van der Waals surface area (Å²) in [4.78, 5) is 22.8. The van der Waals surface area contributed by atoms with Gasteiger partial charge in [0.15, 0.2) is 0 Å². The van der Waals surface area contributed by atoms with Crippen molar-refractivity contribution in [2.45, 2.75) is 51.5 Å². The number of carboxylic acid groups (broad SMARTS) is 1. The number of rotatable bonds is 9.